The van der Waals surface area contributed by atoms with E-state index in [9.17, 15) is 15.2 Å². The first-order valence-corrected chi connectivity index (χ1v) is 7.62. The van der Waals surface area contributed by atoms with Gasteiger partial charge in [0.05, 0.1) is 12.0 Å². The molecule has 22 heavy (non-hydrogen) atoms. The van der Waals surface area contributed by atoms with Crippen LogP contribution in [0.15, 0.2) is 12.1 Å². The number of nitrogens with zero attached hydrogens (tertiary/aromatic N) is 2. The van der Waals surface area contributed by atoms with Gasteiger partial charge >= 0.3 is 5.69 Å². The maximum absolute atomic E-state index is 11.2. The fourth-order valence-corrected chi connectivity index (χ4v) is 3.23. The highest BCUT2D eigenvalue weighted by Gasteiger charge is 2.38. The molecule has 1 saturated heterocycles. The molecule has 3 rings (SSSR count). The molecule has 120 valence electrons. The van der Waals surface area contributed by atoms with Gasteiger partial charge in [-0.1, -0.05) is 0 Å². The summed E-state index contributed by atoms with van der Waals surface area (Å²) in [7, 11) is 1.42. The summed E-state index contributed by atoms with van der Waals surface area (Å²) in [5.41, 5.74) is 0.584. The maximum Gasteiger partial charge on any atom is 0.314 e. The quantitative estimate of drug-likeness (QED) is 0.635. The Labute approximate surface area is 129 Å². The smallest absolute Gasteiger partial charge is 0.314 e. The van der Waals surface area contributed by atoms with Crippen LogP contribution in [-0.4, -0.2) is 48.2 Å². The summed E-state index contributed by atoms with van der Waals surface area (Å²) < 4.78 is 5.13. The summed E-state index contributed by atoms with van der Waals surface area (Å²) in [6, 6.07) is 3.41. The average molecular weight is 307 g/mol. The standard InChI is InChI=1S/C15H21N3O4/c1-22-13-9-11(8-12(15(13)19)18(20)21)14(10-2-3-10)17-6-4-16-5-7-17/h8-10,14,16,19H,2-7H2,1H3/t14-/m0/s1. The predicted octanol–water partition coefficient (Wildman–Crippen LogP) is 1.67. The zero-order valence-electron chi connectivity index (χ0n) is 12.6. The number of ether oxygens (including phenoxy) is 1. The molecular weight excluding hydrogens is 286 g/mol. The largest absolute Gasteiger partial charge is 0.500 e. The summed E-state index contributed by atoms with van der Waals surface area (Å²) in [5, 5.41) is 24.5. The third kappa shape index (κ3) is 2.86. The van der Waals surface area contributed by atoms with Crippen molar-refractivity contribution in [3.8, 4) is 11.5 Å². The number of piperazine rings is 1. The van der Waals surface area contributed by atoms with Gasteiger partial charge in [0.2, 0.25) is 5.75 Å². The summed E-state index contributed by atoms with van der Waals surface area (Å²) in [5.74, 6) is 0.308. The molecule has 0 radical (unpaired) electrons. The number of phenols is 1. The van der Waals surface area contributed by atoms with Crippen molar-refractivity contribution in [3.05, 3.63) is 27.8 Å². The minimum absolute atomic E-state index is 0.162. The fourth-order valence-electron chi connectivity index (χ4n) is 3.23. The number of aromatic hydroxyl groups is 1. The predicted molar refractivity (Wildman–Crippen MR) is 81.2 cm³/mol. The average Bonchev–Trinajstić information content (AvgIpc) is 3.34. The Morgan fingerprint density at radius 3 is 2.64 bits per heavy atom. The van der Waals surface area contributed by atoms with E-state index in [1.54, 1.807) is 6.07 Å². The van der Waals surface area contributed by atoms with Crippen LogP contribution in [-0.2, 0) is 0 Å². The van der Waals surface area contributed by atoms with E-state index < -0.39 is 10.7 Å². The van der Waals surface area contributed by atoms with Gasteiger partial charge in [0.25, 0.3) is 0 Å². The van der Waals surface area contributed by atoms with Crippen molar-refractivity contribution in [2.75, 3.05) is 33.3 Å². The lowest BCUT2D eigenvalue weighted by atomic mass is 9.98. The highest BCUT2D eigenvalue weighted by Crippen LogP contribution is 2.48. The van der Waals surface area contributed by atoms with Crippen molar-refractivity contribution in [1.82, 2.24) is 10.2 Å². The second-order valence-electron chi connectivity index (χ2n) is 5.92. The Balaban J connectivity index is 1.99. The number of nitro benzene ring substituents is 1. The number of hydrogen-bond donors (Lipinski definition) is 2. The number of phenolic OH excluding ortho intramolecular Hbond substituents is 1. The molecule has 2 fully saturated rings. The van der Waals surface area contributed by atoms with Gasteiger partial charge in [-0.25, -0.2) is 0 Å². The summed E-state index contributed by atoms with van der Waals surface area (Å²) in [6.45, 7) is 3.72. The third-order valence-corrected chi connectivity index (χ3v) is 4.45. The number of nitro groups is 1. The highest BCUT2D eigenvalue weighted by molar-refractivity contribution is 5.57. The molecule has 1 saturated carbocycles. The molecule has 7 heteroatoms. The second-order valence-corrected chi connectivity index (χ2v) is 5.92. The molecule has 1 aromatic carbocycles. The number of nitrogens with one attached hydrogen (secondary N) is 1. The number of methoxy groups -OCH3 is 1. The first-order valence-electron chi connectivity index (χ1n) is 7.62. The van der Waals surface area contributed by atoms with E-state index in [1.807, 2.05) is 0 Å². The van der Waals surface area contributed by atoms with E-state index >= 15 is 0 Å². The Morgan fingerprint density at radius 1 is 1.41 bits per heavy atom. The van der Waals surface area contributed by atoms with Crippen LogP contribution in [0.1, 0.15) is 24.4 Å². The van der Waals surface area contributed by atoms with Crippen molar-refractivity contribution < 1.29 is 14.8 Å². The SMILES string of the molecule is COc1cc([C@H](C2CC2)N2CCNCC2)cc([N+](=O)[O-])c1O. The topological polar surface area (TPSA) is 87.9 Å². The Morgan fingerprint density at radius 2 is 2.09 bits per heavy atom. The van der Waals surface area contributed by atoms with Gasteiger partial charge in [0.15, 0.2) is 5.75 Å². The van der Waals surface area contributed by atoms with Crippen molar-refractivity contribution in [2.45, 2.75) is 18.9 Å². The Kier molecular flexibility index (Phi) is 4.17. The van der Waals surface area contributed by atoms with E-state index in [0.717, 1.165) is 44.6 Å². The molecule has 1 atom stereocenters. The minimum atomic E-state index is -0.553. The van der Waals surface area contributed by atoms with Crippen LogP contribution in [0, 0.1) is 16.0 Å². The molecule has 1 aliphatic carbocycles. The minimum Gasteiger partial charge on any atom is -0.500 e. The van der Waals surface area contributed by atoms with E-state index in [2.05, 4.69) is 10.2 Å². The van der Waals surface area contributed by atoms with Gasteiger partial charge in [-0.3, -0.25) is 15.0 Å². The maximum atomic E-state index is 11.2. The molecule has 2 aliphatic rings. The van der Waals surface area contributed by atoms with E-state index in [0.29, 0.717) is 5.92 Å². The first kappa shape index (κ1) is 15.1. The van der Waals surface area contributed by atoms with Crippen molar-refractivity contribution >= 4 is 5.69 Å². The van der Waals surface area contributed by atoms with E-state index in [-0.39, 0.29) is 17.5 Å². The van der Waals surface area contributed by atoms with Crippen LogP contribution in [0.5, 0.6) is 11.5 Å². The van der Waals surface area contributed by atoms with Crippen LogP contribution in [0.25, 0.3) is 0 Å². The van der Waals surface area contributed by atoms with Crippen molar-refractivity contribution in [2.24, 2.45) is 5.92 Å². The number of hydrogen-bond acceptors (Lipinski definition) is 6. The molecule has 0 spiro atoms. The lowest BCUT2D eigenvalue weighted by Gasteiger charge is -2.35. The summed E-state index contributed by atoms with van der Waals surface area (Å²) >= 11 is 0. The molecule has 1 aliphatic heterocycles. The van der Waals surface area contributed by atoms with Crippen LogP contribution in [0.4, 0.5) is 5.69 Å². The number of rotatable bonds is 5. The van der Waals surface area contributed by atoms with Crippen molar-refractivity contribution in [3.63, 3.8) is 0 Å². The van der Waals surface area contributed by atoms with Crippen LogP contribution in [0.2, 0.25) is 0 Å². The monoisotopic (exact) mass is 307 g/mol. The molecular formula is C15H21N3O4. The Bertz CT molecular complexity index is 568. The fraction of sp³-hybridized carbons (Fsp3) is 0.600. The molecule has 1 aromatic rings. The summed E-state index contributed by atoms with van der Waals surface area (Å²) in [4.78, 5) is 13.0. The molecule has 0 unspecified atom stereocenters. The lowest BCUT2D eigenvalue weighted by Crippen LogP contribution is -2.45. The normalized spacial score (nSPS) is 20.6. The lowest BCUT2D eigenvalue weighted by molar-refractivity contribution is -0.386. The number of benzene rings is 1. The van der Waals surface area contributed by atoms with E-state index in [1.165, 1.54) is 13.2 Å². The zero-order chi connectivity index (χ0) is 15.7. The highest BCUT2D eigenvalue weighted by atomic mass is 16.6. The third-order valence-electron chi connectivity index (χ3n) is 4.45. The molecule has 0 amide bonds. The molecule has 0 bridgehead atoms. The molecule has 1 heterocycles. The van der Waals surface area contributed by atoms with Gasteiger partial charge in [0, 0.05) is 38.3 Å². The van der Waals surface area contributed by atoms with Crippen molar-refractivity contribution in [1.29, 1.82) is 0 Å². The van der Waals surface area contributed by atoms with Gasteiger partial charge < -0.3 is 15.2 Å². The van der Waals surface area contributed by atoms with Gasteiger partial charge in [-0.05, 0) is 30.4 Å². The van der Waals surface area contributed by atoms with Crippen LogP contribution in [0.3, 0.4) is 0 Å². The first-order chi connectivity index (χ1) is 10.6. The molecule has 7 nitrogen and oxygen atoms in total. The van der Waals surface area contributed by atoms with Gasteiger partial charge in [0.1, 0.15) is 0 Å². The van der Waals surface area contributed by atoms with Gasteiger partial charge in [-0.15, -0.1) is 0 Å². The van der Waals surface area contributed by atoms with Gasteiger partial charge in [-0.2, -0.15) is 0 Å². The van der Waals surface area contributed by atoms with E-state index in [4.69, 9.17) is 4.74 Å². The molecule has 2 N–H and O–H groups in total. The molecule has 0 aromatic heterocycles. The zero-order valence-corrected chi connectivity index (χ0v) is 12.6. The Hall–Kier alpha value is -1.86. The van der Waals surface area contributed by atoms with Crippen LogP contribution >= 0.6 is 0 Å². The summed E-state index contributed by atoms with van der Waals surface area (Å²) in [6.07, 6.45) is 2.29. The van der Waals surface area contributed by atoms with Crippen LogP contribution < -0.4 is 10.1 Å². The second kappa shape index (κ2) is 6.10.